The van der Waals surface area contributed by atoms with Crippen molar-refractivity contribution in [2.75, 3.05) is 6.61 Å². The van der Waals surface area contributed by atoms with Crippen molar-refractivity contribution in [1.29, 1.82) is 5.41 Å². The maximum atomic E-state index is 11.4. The zero-order valence-corrected chi connectivity index (χ0v) is 8.40. The van der Waals surface area contributed by atoms with Gasteiger partial charge in [0.2, 0.25) is 0 Å². The van der Waals surface area contributed by atoms with Crippen LogP contribution in [0.5, 0.6) is 0 Å². The molecule has 3 N–H and O–H groups in total. The predicted molar refractivity (Wildman–Crippen MR) is 57.9 cm³/mol. The summed E-state index contributed by atoms with van der Waals surface area (Å²) in [5, 5.41) is 6.98. The molecule has 0 aliphatic heterocycles. The summed E-state index contributed by atoms with van der Waals surface area (Å²) in [5.41, 5.74) is 5.71. The van der Waals surface area contributed by atoms with Gasteiger partial charge in [0.1, 0.15) is 0 Å². The fourth-order valence-corrected chi connectivity index (χ4v) is 1.09. The topological polar surface area (TPSA) is 76.2 Å². The van der Waals surface area contributed by atoms with Gasteiger partial charge in [0.25, 0.3) is 0 Å². The molecule has 0 unspecified atom stereocenters. The number of ether oxygens (including phenoxy) is 1. The van der Waals surface area contributed by atoms with Gasteiger partial charge >= 0.3 is 5.97 Å². The highest BCUT2D eigenvalue weighted by atomic mass is 16.5. The number of amidine groups is 1. The first-order chi connectivity index (χ1) is 7.20. The van der Waals surface area contributed by atoms with Crippen LogP contribution in [0.4, 0.5) is 0 Å². The Morgan fingerprint density at radius 3 is 2.60 bits per heavy atom. The molecule has 0 atom stereocenters. The molecule has 0 amide bonds. The van der Waals surface area contributed by atoms with Crippen LogP contribution in [0.15, 0.2) is 30.3 Å². The number of hydrogen-bond donors (Lipinski definition) is 2. The Labute approximate surface area is 88.6 Å². The molecule has 0 fully saturated rings. The van der Waals surface area contributed by atoms with Crippen LogP contribution < -0.4 is 5.73 Å². The summed E-state index contributed by atoms with van der Waals surface area (Å²) in [6.07, 6.45) is 1.05. The minimum atomic E-state index is -0.334. The summed E-state index contributed by atoms with van der Waals surface area (Å²) in [6.45, 7) is 0.299. The van der Waals surface area contributed by atoms with Crippen LogP contribution in [0.3, 0.4) is 0 Å². The van der Waals surface area contributed by atoms with E-state index >= 15 is 0 Å². The molecule has 0 aliphatic rings. The van der Waals surface area contributed by atoms with Crippen molar-refractivity contribution in [3.8, 4) is 0 Å². The van der Waals surface area contributed by atoms with Crippen LogP contribution in [0.2, 0.25) is 0 Å². The second-order valence-electron chi connectivity index (χ2n) is 3.13. The highest BCUT2D eigenvalue weighted by Gasteiger charge is 2.04. The summed E-state index contributed by atoms with van der Waals surface area (Å²) in [4.78, 5) is 11.4. The first kappa shape index (κ1) is 11.2. The summed E-state index contributed by atoms with van der Waals surface area (Å²) in [6, 6.07) is 8.81. The SMILES string of the molecule is N=C(N)CCCOC(=O)c1ccccc1. The lowest BCUT2D eigenvalue weighted by Gasteiger charge is -2.03. The molecule has 1 rings (SSSR count). The van der Waals surface area contributed by atoms with Gasteiger partial charge in [-0.15, -0.1) is 0 Å². The van der Waals surface area contributed by atoms with E-state index in [9.17, 15) is 4.79 Å². The second-order valence-corrected chi connectivity index (χ2v) is 3.13. The smallest absolute Gasteiger partial charge is 0.338 e. The van der Waals surface area contributed by atoms with Gasteiger partial charge in [-0.3, -0.25) is 5.41 Å². The molecule has 0 radical (unpaired) electrons. The van der Waals surface area contributed by atoms with Gasteiger partial charge in [0.05, 0.1) is 18.0 Å². The standard InChI is InChI=1S/C11H14N2O2/c12-10(13)7-4-8-15-11(14)9-5-2-1-3-6-9/h1-3,5-6H,4,7-8H2,(H3,12,13). The van der Waals surface area contributed by atoms with Crippen molar-refractivity contribution < 1.29 is 9.53 Å². The first-order valence-corrected chi connectivity index (χ1v) is 4.75. The number of carbonyl (C=O) groups is 1. The molecular formula is C11H14N2O2. The zero-order chi connectivity index (χ0) is 11.1. The summed E-state index contributed by atoms with van der Waals surface area (Å²) in [7, 11) is 0. The number of benzene rings is 1. The molecule has 0 aromatic heterocycles. The molecule has 80 valence electrons. The van der Waals surface area contributed by atoms with Crippen LogP contribution in [0.25, 0.3) is 0 Å². The van der Waals surface area contributed by atoms with Crippen LogP contribution in [-0.4, -0.2) is 18.4 Å². The van der Waals surface area contributed by atoms with E-state index in [1.807, 2.05) is 6.07 Å². The molecule has 0 saturated carbocycles. The van der Waals surface area contributed by atoms with Gasteiger partial charge in [-0.2, -0.15) is 0 Å². The first-order valence-electron chi connectivity index (χ1n) is 4.75. The van der Waals surface area contributed by atoms with Crippen LogP contribution >= 0.6 is 0 Å². The number of carbonyl (C=O) groups excluding carboxylic acids is 1. The molecule has 1 aromatic carbocycles. The molecule has 4 nitrogen and oxygen atoms in total. The number of nitrogens with two attached hydrogens (primary N) is 1. The molecule has 0 heterocycles. The third kappa shape index (κ3) is 4.26. The molecule has 0 aliphatic carbocycles. The summed E-state index contributed by atoms with van der Waals surface area (Å²) in [5.74, 6) is -0.218. The number of esters is 1. The minimum absolute atomic E-state index is 0.116. The third-order valence-electron chi connectivity index (χ3n) is 1.83. The largest absolute Gasteiger partial charge is 0.462 e. The summed E-state index contributed by atoms with van der Waals surface area (Å²) >= 11 is 0. The van der Waals surface area contributed by atoms with Crippen molar-refractivity contribution in [3.63, 3.8) is 0 Å². The van der Waals surface area contributed by atoms with Gasteiger partial charge in [-0.05, 0) is 18.6 Å². The lowest BCUT2D eigenvalue weighted by Crippen LogP contribution is -2.12. The molecule has 1 aromatic rings. The normalized spacial score (nSPS) is 9.60. The Balaban J connectivity index is 2.28. The Bertz CT molecular complexity index is 336. The van der Waals surface area contributed by atoms with Crippen LogP contribution in [0, 0.1) is 5.41 Å². The van der Waals surface area contributed by atoms with E-state index in [0.29, 0.717) is 25.0 Å². The number of hydrogen-bond acceptors (Lipinski definition) is 3. The van der Waals surface area contributed by atoms with Crippen LogP contribution in [0.1, 0.15) is 23.2 Å². The molecule has 15 heavy (non-hydrogen) atoms. The highest BCUT2D eigenvalue weighted by molar-refractivity contribution is 5.89. The third-order valence-corrected chi connectivity index (χ3v) is 1.83. The van der Waals surface area contributed by atoms with Crippen molar-refractivity contribution in [3.05, 3.63) is 35.9 Å². The van der Waals surface area contributed by atoms with E-state index in [0.717, 1.165) is 0 Å². The van der Waals surface area contributed by atoms with Gasteiger partial charge < -0.3 is 10.5 Å². The van der Waals surface area contributed by atoms with E-state index in [1.54, 1.807) is 24.3 Å². The molecular weight excluding hydrogens is 192 g/mol. The molecule has 4 heteroatoms. The summed E-state index contributed by atoms with van der Waals surface area (Å²) < 4.78 is 4.99. The predicted octanol–water partition coefficient (Wildman–Crippen LogP) is 1.56. The minimum Gasteiger partial charge on any atom is -0.462 e. The van der Waals surface area contributed by atoms with E-state index < -0.39 is 0 Å². The van der Waals surface area contributed by atoms with E-state index in [4.69, 9.17) is 15.9 Å². The Kier molecular flexibility index (Phi) is 4.34. The Hall–Kier alpha value is -1.84. The number of nitrogens with one attached hydrogen (secondary N) is 1. The second kappa shape index (κ2) is 5.80. The lowest BCUT2D eigenvalue weighted by molar-refractivity contribution is 0.0502. The molecule has 0 spiro atoms. The average Bonchev–Trinajstić information content (AvgIpc) is 2.25. The quantitative estimate of drug-likeness (QED) is 0.332. The van der Waals surface area contributed by atoms with E-state index in [-0.39, 0.29) is 11.8 Å². The van der Waals surface area contributed by atoms with Crippen molar-refractivity contribution in [2.45, 2.75) is 12.8 Å². The number of rotatable bonds is 5. The maximum Gasteiger partial charge on any atom is 0.338 e. The fraction of sp³-hybridized carbons (Fsp3) is 0.273. The fourth-order valence-electron chi connectivity index (χ4n) is 1.09. The zero-order valence-electron chi connectivity index (χ0n) is 8.40. The van der Waals surface area contributed by atoms with Gasteiger partial charge in [0.15, 0.2) is 0 Å². The van der Waals surface area contributed by atoms with Crippen molar-refractivity contribution >= 4 is 11.8 Å². The molecule has 0 saturated heterocycles. The Morgan fingerprint density at radius 2 is 2.00 bits per heavy atom. The van der Waals surface area contributed by atoms with Crippen molar-refractivity contribution in [2.24, 2.45) is 5.73 Å². The lowest BCUT2D eigenvalue weighted by atomic mass is 10.2. The van der Waals surface area contributed by atoms with E-state index in [2.05, 4.69) is 0 Å². The molecule has 0 bridgehead atoms. The highest BCUT2D eigenvalue weighted by Crippen LogP contribution is 2.01. The monoisotopic (exact) mass is 206 g/mol. The maximum absolute atomic E-state index is 11.4. The Morgan fingerprint density at radius 1 is 1.33 bits per heavy atom. The van der Waals surface area contributed by atoms with E-state index in [1.165, 1.54) is 0 Å². The van der Waals surface area contributed by atoms with Gasteiger partial charge in [0, 0.05) is 6.42 Å². The van der Waals surface area contributed by atoms with Gasteiger partial charge in [-0.1, -0.05) is 18.2 Å². The van der Waals surface area contributed by atoms with Gasteiger partial charge in [-0.25, -0.2) is 4.79 Å². The van der Waals surface area contributed by atoms with Crippen LogP contribution in [-0.2, 0) is 4.74 Å². The van der Waals surface area contributed by atoms with Crippen molar-refractivity contribution in [1.82, 2.24) is 0 Å². The average molecular weight is 206 g/mol.